The largest absolute Gasteiger partial charge is 0.325 e. The van der Waals surface area contributed by atoms with Gasteiger partial charge in [-0.2, -0.15) is 0 Å². The van der Waals surface area contributed by atoms with Crippen LogP contribution in [0.2, 0.25) is 0 Å². The summed E-state index contributed by atoms with van der Waals surface area (Å²) < 4.78 is 11.0. The molecule has 0 fully saturated rings. The molecule has 0 spiro atoms. The molecular weight excluding hydrogens is 200 g/mol. The molecule has 1 radical (unpaired) electrons. The molecule has 2 N–H and O–H groups in total. The summed E-state index contributed by atoms with van der Waals surface area (Å²) in [4.78, 5) is 16.6. The quantitative estimate of drug-likeness (QED) is 0.532. The van der Waals surface area contributed by atoms with Crippen LogP contribution in [0.15, 0.2) is 0 Å². The Morgan fingerprint density at radius 2 is 2.00 bits per heavy atom. The zero-order chi connectivity index (χ0) is 8.20. The lowest BCUT2D eigenvalue weighted by molar-refractivity contribution is 0.375. The summed E-state index contributed by atoms with van der Waals surface area (Å²) in [5.74, 6) is 0. The molecule has 0 heterocycles. The van der Waals surface area contributed by atoms with E-state index in [9.17, 15) is 4.57 Å². The maximum atomic E-state index is 10.2. The molecule has 0 aromatic rings. The highest BCUT2D eigenvalue weighted by Gasteiger charge is 2.12. The molecule has 7 heteroatoms. The molecule has 0 unspecified atom stereocenters. The third-order valence-electron chi connectivity index (χ3n) is 0.634. The Kier molecular flexibility index (Phi) is 4.86. The first-order valence-electron chi connectivity index (χ1n) is 2.37. The molecule has 0 aromatic carbocycles. The average molecular weight is 207 g/mol. The standard InChI is InChI=1S/C3H7Cl2NO3P/c4-6(5)2-1-3-10(7,8)9/h1H,2-3H2,(H2,7,8,9). The van der Waals surface area contributed by atoms with E-state index in [2.05, 4.69) is 0 Å². The number of hydrogen-bond donors (Lipinski definition) is 2. The van der Waals surface area contributed by atoms with Crippen LogP contribution in [0.4, 0.5) is 0 Å². The molecule has 4 nitrogen and oxygen atoms in total. The van der Waals surface area contributed by atoms with Gasteiger partial charge in [-0.1, -0.05) is 0 Å². The molecular formula is C3H7Cl2NO3P. The predicted molar refractivity (Wildman–Crippen MR) is 39.6 cm³/mol. The molecule has 0 aliphatic rings. The van der Waals surface area contributed by atoms with Crippen LogP contribution < -0.4 is 0 Å². The van der Waals surface area contributed by atoms with Crippen LogP contribution in [0.3, 0.4) is 0 Å². The predicted octanol–water partition coefficient (Wildman–Crippen LogP) is 0.978. The molecule has 0 aliphatic carbocycles. The summed E-state index contributed by atoms with van der Waals surface area (Å²) in [6.07, 6.45) is 1.00. The number of rotatable bonds is 4. The van der Waals surface area contributed by atoms with Crippen LogP contribution in [0, 0.1) is 6.42 Å². The molecule has 0 amide bonds. The van der Waals surface area contributed by atoms with Crippen molar-refractivity contribution in [1.82, 2.24) is 3.94 Å². The van der Waals surface area contributed by atoms with Crippen LogP contribution in [-0.2, 0) is 4.57 Å². The Bertz CT molecular complexity index is 136. The fourth-order valence-electron chi connectivity index (χ4n) is 0.323. The molecule has 0 aromatic heterocycles. The average Bonchev–Trinajstić information content (AvgIpc) is 1.59. The Morgan fingerprint density at radius 3 is 2.30 bits per heavy atom. The second kappa shape index (κ2) is 4.54. The summed E-state index contributed by atoms with van der Waals surface area (Å²) in [6.45, 7) is 0.133. The summed E-state index contributed by atoms with van der Waals surface area (Å²) in [7, 11) is -3.92. The summed E-state index contributed by atoms with van der Waals surface area (Å²) in [6, 6.07) is 0. The molecule has 61 valence electrons. The molecule has 10 heavy (non-hydrogen) atoms. The minimum absolute atomic E-state index is 0.133. The second-order valence-corrected chi connectivity index (χ2v) is 4.31. The van der Waals surface area contributed by atoms with E-state index in [4.69, 9.17) is 33.3 Å². The van der Waals surface area contributed by atoms with Gasteiger partial charge < -0.3 is 9.79 Å². The van der Waals surface area contributed by atoms with E-state index < -0.39 is 7.60 Å². The van der Waals surface area contributed by atoms with Gasteiger partial charge in [-0.05, 0) is 30.0 Å². The van der Waals surface area contributed by atoms with E-state index in [0.29, 0.717) is 0 Å². The van der Waals surface area contributed by atoms with Crippen molar-refractivity contribution in [3.8, 4) is 0 Å². The first kappa shape index (κ1) is 10.7. The van der Waals surface area contributed by atoms with Crippen molar-refractivity contribution < 1.29 is 14.4 Å². The van der Waals surface area contributed by atoms with Gasteiger partial charge in [0.2, 0.25) is 0 Å². The SMILES string of the molecule is O=P(O)(O)C[CH]CN(Cl)Cl. The molecule has 0 rings (SSSR count). The summed E-state index contributed by atoms with van der Waals surface area (Å²) in [5, 5.41) is 0. The Hall–Kier alpha value is 0.690. The van der Waals surface area contributed by atoms with Crippen molar-refractivity contribution in [2.24, 2.45) is 0 Å². The number of halogens is 2. The summed E-state index contributed by atoms with van der Waals surface area (Å²) >= 11 is 10.2. The van der Waals surface area contributed by atoms with Gasteiger partial charge in [0, 0.05) is 6.54 Å². The van der Waals surface area contributed by atoms with Crippen molar-refractivity contribution in [3.63, 3.8) is 0 Å². The van der Waals surface area contributed by atoms with Crippen molar-refractivity contribution in [2.45, 2.75) is 0 Å². The lowest BCUT2D eigenvalue weighted by Crippen LogP contribution is -2.03. The second-order valence-electron chi connectivity index (χ2n) is 1.62. The molecule has 0 bridgehead atoms. The lowest BCUT2D eigenvalue weighted by atomic mass is 10.5. The topological polar surface area (TPSA) is 60.8 Å². The van der Waals surface area contributed by atoms with E-state index in [0.717, 1.165) is 3.94 Å². The van der Waals surface area contributed by atoms with E-state index >= 15 is 0 Å². The first-order chi connectivity index (χ1) is 4.42. The smallest absolute Gasteiger partial charge is 0.324 e. The van der Waals surface area contributed by atoms with Crippen molar-refractivity contribution >= 4 is 31.1 Å². The van der Waals surface area contributed by atoms with Gasteiger partial charge in [0.1, 0.15) is 0 Å². The van der Waals surface area contributed by atoms with Crippen molar-refractivity contribution in [1.29, 1.82) is 0 Å². The minimum Gasteiger partial charge on any atom is -0.324 e. The Morgan fingerprint density at radius 1 is 1.50 bits per heavy atom. The molecule has 0 saturated heterocycles. The van der Waals surface area contributed by atoms with Crippen LogP contribution >= 0.6 is 31.1 Å². The zero-order valence-corrected chi connectivity index (χ0v) is 7.35. The van der Waals surface area contributed by atoms with Gasteiger partial charge >= 0.3 is 7.60 Å². The first-order valence-corrected chi connectivity index (χ1v) is 4.84. The van der Waals surface area contributed by atoms with Crippen LogP contribution in [0.5, 0.6) is 0 Å². The van der Waals surface area contributed by atoms with E-state index in [1.165, 1.54) is 6.42 Å². The van der Waals surface area contributed by atoms with Crippen LogP contribution in [0.1, 0.15) is 0 Å². The van der Waals surface area contributed by atoms with Gasteiger partial charge in [0.25, 0.3) is 0 Å². The molecule has 0 saturated carbocycles. The van der Waals surface area contributed by atoms with Gasteiger partial charge in [0.05, 0.1) is 6.16 Å². The minimum atomic E-state index is -3.92. The maximum Gasteiger partial charge on any atom is 0.325 e. The highest BCUT2D eigenvalue weighted by Crippen LogP contribution is 2.34. The maximum absolute atomic E-state index is 10.2. The van der Waals surface area contributed by atoms with E-state index in [-0.39, 0.29) is 12.7 Å². The van der Waals surface area contributed by atoms with Crippen LogP contribution in [-0.4, -0.2) is 26.4 Å². The third kappa shape index (κ3) is 8.69. The lowest BCUT2D eigenvalue weighted by Gasteiger charge is -2.03. The van der Waals surface area contributed by atoms with Gasteiger partial charge in [-0.15, -0.1) is 3.94 Å². The van der Waals surface area contributed by atoms with E-state index in [1.807, 2.05) is 0 Å². The zero-order valence-electron chi connectivity index (χ0n) is 4.94. The fourth-order valence-corrected chi connectivity index (χ4v) is 0.970. The van der Waals surface area contributed by atoms with Gasteiger partial charge in [-0.25, -0.2) is 0 Å². The van der Waals surface area contributed by atoms with Gasteiger partial charge in [-0.3, -0.25) is 4.57 Å². The Labute approximate surface area is 69.1 Å². The highest BCUT2D eigenvalue weighted by molar-refractivity contribution is 7.51. The Balaban J connectivity index is 3.30. The van der Waals surface area contributed by atoms with E-state index in [1.54, 1.807) is 0 Å². The number of nitrogens with zero attached hydrogens (tertiary/aromatic N) is 1. The van der Waals surface area contributed by atoms with Gasteiger partial charge in [0.15, 0.2) is 0 Å². The number of hydrogen-bond acceptors (Lipinski definition) is 2. The normalized spacial score (nSPS) is 12.5. The highest BCUT2D eigenvalue weighted by atomic mass is 35.5. The van der Waals surface area contributed by atoms with Crippen molar-refractivity contribution in [3.05, 3.63) is 6.42 Å². The molecule has 0 aliphatic heterocycles. The van der Waals surface area contributed by atoms with Crippen molar-refractivity contribution in [2.75, 3.05) is 12.7 Å². The third-order valence-corrected chi connectivity index (χ3v) is 1.64. The fraction of sp³-hybridized carbons (Fsp3) is 0.667. The monoisotopic (exact) mass is 206 g/mol. The molecule has 0 atom stereocenters. The summed E-state index contributed by atoms with van der Waals surface area (Å²) in [5.41, 5.74) is 0. The van der Waals surface area contributed by atoms with Crippen LogP contribution in [0.25, 0.3) is 0 Å².